The summed E-state index contributed by atoms with van der Waals surface area (Å²) in [5.74, 6) is -0.267. The van der Waals surface area contributed by atoms with Gasteiger partial charge < -0.3 is 5.73 Å². The van der Waals surface area contributed by atoms with Gasteiger partial charge in [-0.1, -0.05) is 25.6 Å². The summed E-state index contributed by atoms with van der Waals surface area (Å²) < 4.78 is 25.0. The average Bonchev–Trinajstić information content (AvgIpc) is 1.81. The monoisotopic (exact) mass is 224 g/mol. The van der Waals surface area contributed by atoms with Crippen molar-refractivity contribution in [1.29, 1.82) is 0 Å². The molecular weight excluding hydrogens is 208 g/mol. The molecule has 0 saturated heterocycles. The largest absolute Gasteiger partial charge is 0.392 e. The first kappa shape index (κ1) is 12.8. The van der Waals surface area contributed by atoms with Gasteiger partial charge in [-0.05, 0) is 13.3 Å². The van der Waals surface area contributed by atoms with Gasteiger partial charge in [-0.3, -0.25) is 0 Å². The molecule has 0 heterocycles. The average molecular weight is 224 g/mol. The van der Waals surface area contributed by atoms with Crippen LogP contribution in [0.3, 0.4) is 0 Å². The summed E-state index contributed by atoms with van der Waals surface area (Å²) in [4.78, 5) is -0.00352. The van der Waals surface area contributed by atoms with E-state index >= 15 is 0 Å². The lowest BCUT2D eigenvalue weighted by Gasteiger charge is -2.12. The maximum Gasteiger partial charge on any atom is 0.218 e. The van der Waals surface area contributed by atoms with Crippen LogP contribution in [0.2, 0.25) is 0 Å². The molecule has 0 radical (unpaired) electrons. The van der Waals surface area contributed by atoms with E-state index in [0.29, 0.717) is 0 Å². The van der Waals surface area contributed by atoms with Crippen LogP contribution >= 0.6 is 12.2 Å². The Bertz CT molecular complexity index is 262. The molecule has 0 amide bonds. The molecule has 0 aromatic heterocycles. The lowest BCUT2D eigenvalue weighted by molar-refractivity contribution is 0.547. The molecule has 13 heavy (non-hydrogen) atoms. The standard InChI is InChI=1S/C7H16N2O2S2/c1-3-4-6(2)9-13(10,11)5-7(8)12/h6,9H,3-5H2,1-2H3,(H2,8,12). The first-order valence-corrected chi connectivity index (χ1v) is 6.21. The highest BCUT2D eigenvalue weighted by molar-refractivity contribution is 7.92. The van der Waals surface area contributed by atoms with Gasteiger partial charge in [0.05, 0.1) is 4.99 Å². The minimum atomic E-state index is -3.32. The number of nitrogens with two attached hydrogens (primary N) is 1. The topological polar surface area (TPSA) is 72.2 Å². The quantitative estimate of drug-likeness (QED) is 0.640. The zero-order chi connectivity index (χ0) is 10.5. The van der Waals surface area contributed by atoms with Crippen molar-refractivity contribution >= 4 is 27.2 Å². The molecule has 3 N–H and O–H groups in total. The molecular formula is C7H16N2O2S2. The second kappa shape index (κ2) is 5.51. The van der Waals surface area contributed by atoms with Crippen molar-refractivity contribution in [3.05, 3.63) is 0 Å². The summed E-state index contributed by atoms with van der Waals surface area (Å²) in [6.45, 7) is 3.82. The van der Waals surface area contributed by atoms with E-state index in [9.17, 15) is 8.42 Å². The third-order valence-electron chi connectivity index (χ3n) is 1.43. The smallest absolute Gasteiger partial charge is 0.218 e. The Hall–Kier alpha value is -0.200. The van der Waals surface area contributed by atoms with Crippen LogP contribution in [-0.2, 0) is 10.0 Å². The van der Waals surface area contributed by atoms with Gasteiger partial charge in [0.1, 0.15) is 5.75 Å². The lowest BCUT2D eigenvalue weighted by Crippen LogP contribution is -2.37. The summed E-state index contributed by atoms with van der Waals surface area (Å²) in [5, 5.41) is 0. The second-order valence-corrected chi connectivity index (χ2v) is 5.31. The van der Waals surface area contributed by atoms with E-state index in [1.807, 2.05) is 13.8 Å². The van der Waals surface area contributed by atoms with Gasteiger partial charge >= 0.3 is 0 Å². The van der Waals surface area contributed by atoms with E-state index in [4.69, 9.17) is 5.73 Å². The Kier molecular flexibility index (Phi) is 5.43. The Morgan fingerprint density at radius 2 is 2.15 bits per heavy atom. The highest BCUT2D eigenvalue weighted by Crippen LogP contribution is 1.97. The van der Waals surface area contributed by atoms with E-state index in [1.165, 1.54) is 0 Å². The normalized spacial score (nSPS) is 14.0. The van der Waals surface area contributed by atoms with Crippen molar-refractivity contribution in [2.75, 3.05) is 5.75 Å². The highest BCUT2D eigenvalue weighted by Gasteiger charge is 2.14. The van der Waals surface area contributed by atoms with Crippen LogP contribution in [0, 0.1) is 0 Å². The van der Waals surface area contributed by atoms with Crippen molar-refractivity contribution in [1.82, 2.24) is 4.72 Å². The van der Waals surface area contributed by atoms with Crippen LogP contribution in [0.15, 0.2) is 0 Å². The van der Waals surface area contributed by atoms with Gasteiger partial charge in [0, 0.05) is 6.04 Å². The molecule has 78 valence electrons. The fourth-order valence-electron chi connectivity index (χ4n) is 1.03. The minimum Gasteiger partial charge on any atom is -0.392 e. The summed E-state index contributed by atoms with van der Waals surface area (Å²) in [7, 11) is -3.32. The highest BCUT2D eigenvalue weighted by atomic mass is 32.2. The Labute approximate surface area is 84.9 Å². The number of nitrogens with one attached hydrogen (secondary N) is 1. The Morgan fingerprint density at radius 1 is 1.62 bits per heavy atom. The van der Waals surface area contributed by atoms with E-state index in [0.717, 1.165) is 12.8 Å². The number of hydrogen-bond acceptors (Lipinski definition) is 3. The van der Waals surface area contributed by atoms with Crippen LogP contribution in [-0.4, -0.2) is 25.2 Å². The molecule has 0 spiro atoms. The molecule has 1 unspecified atom stereocenters. The van der Waals surface area contributed by atoms with E-state index in [1.54, 1.807) is 0 Å². The fraction of sp³-hybridized carbons (Fsp3) is 0.857. The molecule has 0 aromatic rings. The van der Waals surface area contributed by atoms with Crippen molar-refractivity contribution in [2.24, 2.45) is 5.73 Å². The predicted octanol–water partition coefficient (Wildman–Crippen LogP) is 0.381. The molecule has 6 heteroatoms. The minimum absolute atomic E-state index is 0.00352. The summed E-state index contributed by atoms with van der Waals surface area (Å²) in [6, 6.07) is -0.0515. The fourth-order valence-corrected chi connectivity index (χ4v) is 2.68. The van der Waals surface area contributed by atoms with Crippen LogP contribution in [0.1, 0.15) is 26.7 Å². The third-order valence-corrected chi connectivity index (χ3v) is 3.21. The SMILES string of the molecule is CCCC(C)NS(=O)(=O)CC(N)=S. The van der Waals surface area contributed by atoms with Crippen LogP contribution < -0.4 is 10.5 Å². The van der Waals surface area contributed by atoms with E-state index in [-0.39, 0.29) is 16.8 Å². The van der Waals surface area contributed by atoms with Crippen molar-refractivity contribution < 1.29 is 8.42 Å². The van der Waals surface area contributed by atoms with Gasteiger partial charge in [-0.2, -0.15) is 0 Å². The van der Waals surface area contributed by atoms with Crippen molar-refractivity contribution in [3.8, 4) is 0 Å². The molecule has 0 aromatic carbocycles. The maximum absolute atomic E-state index is 11.2. The number of sulfonamides is 1. The van der Waals surface area contributed by atoms with Crippen molar-refractivity contribution in [3.63, 3.8) is 0 Å². The van der Waals surface area contributed by atoms with Crippen LogP contribution in [0.5, 0.6) is 0 Å². The molecule has 4 nitrogen and oxygen atoms in total. The van der Waals surface area contributed by atoms with Gasteiger partial charge in [0.2, 0.25) is 10.0 Å². The zero-order valence-electron chi connectivity index (χ0n) is 7.91. The molecule has 1 atom stereocenters. The Balaban J connectivity index is 4.10. The predicted molar refractivity (Wildman–Crippen MR) is 58.1 cm³/mol. The molecule has 0 bridgehead atoms. The summed E-state index contributed by atoms with van der Waals surface area (Å²) in [5.41, 5.74) is 5.14. The van der Waals surface area contributed by atoms with Gasteiger partial charge in [-0.15, -0.1) is 0 Å². The molecule has 0 aliphatic rings. The lowest BCUT2D eigenvalue weighted by atomic mass is 10.2. The van der Waals surface area contributed by atoms with Crippen LogP contribution in [0.4, 0.5) is 0 Å². The first-order valence-electron chi connectivity index (χ1n) is 4.15. The molecule has 0 aliphatic carbocycles. The third kappa shape index (κ3) is 6.92. The number of rotatable bonds is 6. The second-order valence-electron chi connectivity index (χ2n) is 3.03. The molecule has 0 fully saturated rings. The first-order chi connectivity index (χ1) is 5.87. The maximum atomic E-state index is 11.2. The molecule has 0 rings (SSSR count). The number of hydrogen-bond donors (Lipinski definition) is 2. The van der Waals surface area contributed by atoms with E-state index < -0.39 is 10.0 Å². The summed E-state index contributed by atoms with van der Waals surface area (Å²) in [6.07, 6.45) is 1.76. The van der Waals surface area contributed by atoms with E-state index in [2.05, 4.69) is 16.9 Å². The molecule has 0 saturated carbocycles. The van der Waals surface area contributed by atoms with Gasteiger partial charge in [0.15, 0.2) is 0 Å². The van der Waals surface area contributed by atoms with Gasteiger partial charge in [0.25, 0.3) is 0 Å². The summed E-state index contributed by atoms with van der Waals surface area (Å²) >= 11 is 4.52. The Morgan fingerprint density at radius 3 is 2.54 bits per heavy atom. The van der Waals surface area contributed by atoms with Gasteiger partial charge in [-0.25, -0.2) is 13.1 Å². The number of thiocarbonyl (C=S) groups is 1. The zero-order valence-corrected chi connectivity index (χ0v) is 9.54. The van der Waals surface area contributed by atoms with Crippen molar-refractivity contribution in [2.45, 2.75) is 32.7 Å². The van der Waals surface area contributed by atoms with Crippen LogP contribution in [0.25, 0.3) is 0 Å². The molecule has 0 aliphatic heterocycles.